The summed E-state index contributed by atoms with van der Waals surface area (Å²) in [6, 6.07) is 0. The second-order valence-electron chi connectivity index (χ2n) is 3.17. The van der Waals surface area contributed by atoms with Crippen LogP contribution in [0.5, 0.6) is 0 Å². The molecule has 7 heteroatoms. The van der Waals surface area contributed by atoms with E-state index in [0.717, 1.165) is 0 Å². The minimum absolute atomic E-state index is 0.0679. The second-order valence-corrected chi connectivity index (χ2v) is 3.17. The fourth-order valence-electron chi connectivity index (χ4n) is 0.908. The molecular formula is C10H18FNO5. The Balaban J connectivity index is 3.38. The van der Waals surface area contributed by atoms with Crippen LogP contribution in [0.2, 0.25) is 0 Å². The molecule has 2 N–H and O–H groups in total. The molecule has 0 aromatic carbocycles. The number of nitrogens with one attached hydrogen (secondary N) is 1. The van der Waals surface area contributed by atoms with Crippen molar-refractivity contribution in [2.75, 3.05) is 33.0 Å². The summed E-state index contributed by atoms with van der Waals surface area (Å²) in [6.07, 6.45) is -2.00. The summed E-state index contributed by atoms with van der Waals surface area (Å²) >= 11 is 0. The second kappa shape index (κ2) is 9.98. The molecular weight excluding hydrogens is 233 g/mol. The smallest absolute Gasteiger partial charge is 0.340 e. The summed E-state index contributed by atoms with van der Waals surface area (Å²) in [4.78, 5) is 21.2. The van der Waals surface area contributed by atoms with E-state index in [1.807, 2.05) is 6.92 Å². The average molecular weight is 251 g/mol. The molecule has 0 unspecified atom stereocenters. The number of carboxylic acid groups (broad SMARTS) is 1. The summed E-state index contributed by atoms with van der Waals surface area (Å²) in [6.45, 7) is 3.00. The normalized spacial score (nSPS) is 12.1. The minimum atomic E-state index is -2.07. The maximum Gasteiger partial charge on any atom is 0.340 e. The zero-order valence-electron chi connectivity index (χ0n) is 9.78. The van der Waals surface area contributed by atoms with Crippen LogP contribution in [0.1, 0.15) is 13.3 Å². The maximum atomic E-state index is 12.6. The van der Waals surface area contributed by atoms with E-state index in [-0.39, 0.29) is 13.0 Å². The van der Waals surface area contributed by atoms with Crippen molar-refractivity contribution in [3.05, 3.63) is 0 Å². The van der Waals surface area contributed by atoms with Gasteiger partial charge in [0, 0.05) is 13.0 Å². The van der Waals surface area contributed by atoms with Gasteiger partial charge in [0.1, 0.15) is 0 Å². The van der Waals surface area contributed by atoms with Gasteiger partial charge in [0.05, 0.1) is 26.4 Å². The molecule has 0 rings (SSSR count). The minimum Gasteiger partial charge on any atom is -0.479 e. The molecule has 0 aliphatic carbocycles. The van der Waals surface area contributed by atoms with Crippen molar-refractivity contribution in [1.82, 2.24) is 5.32 Å². The Hall–Kier alpha value is -1.21. The monoisotopic (exact) mass is 251 g/mol. The van der Waals surface area contributed by atoms with Crippen LogP contribution >= 0.6 is 0 Å². The third-order valence-corrected chi connectivity index (χ3v) is 1.80. The van der Waals surface area contributed by atoms with Gasteiger partial charge in [-0.25, -0.2) is 9.18 Å². The molecule has 0 bridgehead atoms. The number of carbonyl (C=O) groups is 2. The van der Waals surface area contributed by atoms with E-state index in [4.69, 9.17) is 14.6 Å². The van der Waals surface area contributed by atoms with Crippen molar-refractivity contribution in [2.45, 2.75) is 19.5 Å². The zero-order valence-corrected chi connectivity index (χ0v) is 9.78. The topological polar surface area (TPSA) is 84.9 Å². The number of rotatable bonds is 10. The first kappa shape index (κ1) is 15.8. The van der Waals surface area contributed by atoms with E-state index in [9.17, 15) is 14.0 Å². The highest BCUT2D eigenvalue weighted by atomic mass is 19.1. The molecule has 0 fully saturated rings. The lowest BCUT2D eigenvalue weighted by atomic mass is 10.3. The van der Waals surface area contributed by atoms with Gasteiger partial charge in [-0.2, -0.15) is 0 Å². The van der Waals surface area contributed by atoms with Crippen LogP contribution in [-0.2, 0) is 19.1 Å². The van der Waals surface area contributed by atoms with Gasteiger partial charge in [0.25, 0.3) is 0 Å². The Bertz CT molecular complexity index is 237. The number of alkyl halides is 1. The SMILES string of the molecule is CCOCCOCCC(=O)NC[C@@H](F)C(=O)O. The standard InChI is InChI=1S/C10H18FNO5/c1-2-16-5-6-17-4-3-9(13)12-7-8(11)10(14)15/h8H,2-7H2,1H3,(H,12,13)(H,14,15)/t8-/m1/s1. The summed E-state index contributed by atoms with van der Waals surface area (Å²) in [5, 5.41) is 10.4. The van der Waals surface area contributed by atoms with Gasteiger partial charge in [0.2, 0.25) is 12.1 Å². The van der Waals surface area contributed by atoms with Crippen molar-refractivity contribution in [1.29, 1.82) is 0 Å². The molecule has 17 heavy (non-hydrogen) atoms. The third-order valence-electron chi connectivity index (χ3n) is 1.80. The third kappa shape index (κ3) is 9.70. The predicted molar refractivity (Wildman–Crippen MR) is 57.5 cm³/mol. The number of carboxylic acids is 1. The van der Waals surface area contributed by atoms with E-state index in [1.165, 1.54) is 0 Å². The largest absolute Gasteiger partial charge is 0.479 e. The average Bonchev–Trinajstić information content (AvgIpc) is 2.30. The van der Waals surface area contributed by atoms with Crippen LogP contribution in [0.25, 0.3) is 0 Å². The summed E-state index contributed by atoms with van der Waals surface area (Å²) in [5.41, 5.74) is 0. The molecule has 1 amide bonds. The van der Waals surface area contributed by atoms with Crippen molar-refractivity contribution in [2.24, 2.45) is 0 Å². The molecule has 0 aliphatic heterocycles. The number of ether oxygens (including phenoxy) is 2. The van der Waals surface area contributed by atoms with Gasteiger partial charge in [-0.15, -0.1) is 0 Å². The van der Waals surface area contributed by atoms with Crippen LogP contribution < -0.4 is 5.32 Å². The van der Waals surface area contributed by atoms with Gasteiger partial charge in [-0.05, 0) is 6.92 Å². The lowest BCUT2D eigenvalue weighted by Crippen LogP contribution is -2.34. The van der Waals surface area contributed by atoms with Crippen LogP contribution in [-0.4, -0.2) is 56.1 Å². The lowest BCUT2D eigenvalue weighted by molar-refractivity contribution is -0.142. The Labute approximate surface area is 99.1 Å². The first-order valence-corrected chi connectivity index (χ1v) is 5.37. The predicted octanol–water partition coefficient (Wildman–Crippen LogP) is -0.0315. The zero-order chi connectivity index (χ0) is 13.1. The Morgan fingerprint density at radius 2 is 1.94 bits per heavy atom. The highest BCUT2D eigenvalue weighted by Gasteiger charge is 2.16. The van der Waals surface area contributed by atoms with Crippen LogP contribution in [0.15, 0.2) is 0 Å². The molecule has 0 aromatic heterocycles. The number of amides is 1. The fraction of sp³-hybridized carbons (Fsp3) is 0.800. The molecule has 6 nitrogen and oxygen atoms in total. The van der Waals surface area contributed by atoms with E-state index < -0.39 is 24.6 Å². The van der Waals surface area contributed by atoms with Crippen molar-refractivity contribution in [3.63, 3.8) is 0 Å². The first-order chi connectivity index (χ1) is 8.07. The van der Waals surface area contributed by atoms with Crippen LogP contribution in [0.3, 0.4) is 0 Å². The molecule has 0 aromatic rings. The fourth-order valence-corrected chi connectivity index (χ4v) is 0.908. The van der Waals surface area contributed by atoms with Gasteiger partial charge < -0.3 is 19.9 Å². The molecule has 1 atom stereocenters. The maximum absolute atomic E-state index is 12.6. The lowest BCUT2D eigenvalue weighted by Gasteiger charge is -2.07. The molecule has 0 heterocycles. The summed E-state index contributed by atoms with van der Waals surface area (Å²) < 4.78 is 22.6. The summed E-state index contributed by atoms with van der Waals surface area (Å²) in [7, 11) is 0. The van der Waals surface area contributed by atoms with Gasteiger partial charge >= 0.3 is 5.97 Å². The van der Waals surface area contributed by atoms with E-state index in [2.05, 4.69) is 5.32 Å². The van der Waals surface area contributed by atoms with Gasteiger partial charge in [0.15, 0.2) is 0 Å². The number of carbonyl (C=O) groups excluding carboxylic acids is 1. The van der Waals surface area contributed by atoms with Gasteiger partial charge in [-0.3, -0.25) is 4.79 Å². The van der Waals surface area contributed by atoms with Crippen LogP contribution in [0, 0.1) is 0 Å². The Morgan fingerprint density at radius 1 is 1.29 bits per heavy atom. The number of aliphatic carboxylic acids is 1. The number of hydrogen-bond donors (Lipinski definition) is 2. The first-order valence-electron chi connectivity index (χ1n) is 5.37. The molecule has 0 saturated heterocycles. The number of hydrogen-bond acceptors (Lipinski definition) is 4. The van der Waals surface area contributed by atoms with E-state index in [0.29, 0.717) is 19.8 Å². The number of halogens is 1. The Morgan fingerprint density at radius 3 is 2.53 bits per heavy atom. The Kier molecular flexibility index (Phi) is 9.27. The van der Waals surface area contributed by atoms with Crippen molar-refractivity contribution >= 4 is 11.9 Å². The van der Waals surface area contributed by atoms with E-state index in [1.54, 1.807) is 0 Å². The van der Waals surface area contributed by atoms with Crippen molar-refractivity contribution in [3.8, 4) is 0 Å². The van der Waals surface area contributed by atoms with Crippen LogP contribution in [0.4, 0.5) is 4.39 Å². The van der Waals surface area contributed by atoms with Crippen molar-refractivity contribution < 1.29 is 28.6 Å². The van der Waals surface area contributed by atoms with E-state index >= 15 is 0 Å². The molecule has 0 spiro atoms. The quantitative estimate of drug-likeness (QED) is 0.532. The molecule has 0 saturated carbocycles. The highest BCUT2D eigenvalue weighted by molar-refractivity contribution is 5.78. The summed E-state index contributed by atoms with van der Waals surface area (Å²) in [5.74, 6) is -2.02. The van der Waals surface area contributed by atoms with Gasteiger partial charge in [-0.1, -0.05) is 0 Å². The molecule has 0 radical (unpaired) electrons. The molecule has 0 aliphatic rings. The molecule has 100 valence electrons. The highest BCUT2D eigenvalue weighted by Crippen LogP contribution is 1.89.